The average molecular weight is 392 g/mol. The van der Waals surface area contributed by atoms with Crippen LogP contribution in [0.3, 0.4) is 0 Å². The Morgan fingerprint density at radius 1 is 1.21 bits per heavy atom. The first kappa shape index (κ1) is 20.4. The summed E-state index contributed by atoms with van der Waals surface area (Å²) in [5, 5.41) is 5.89. The van der Waals surface area contributed by atoms with Gasteiger partial charge in [-0.1, -0.05) is 0 Å². The Kier molecular flexibility index (Phi) is 6.07. The Bertz CT molecular complexity index is 721. The summed E-state index contributed by atoms with van der Waals surface area (Å²) >= 11 is 0. The molecule has 2 saturated heterocycles. The summed E-state index contributed by atoms with van der Waals surface area (Å²) < 4.78 is 20.0. The number of rotatable bonds is 3. The maximum absolute atomic E-state index is 14.6. The van der Waals surface area contributed by atoms with Gasteiger partial charge < -0.3 is 25.2 Å². The summed E-state index contributed by atoms with van der Waals surface area (Å²) in [5.74, 6) is -0.515. The molecule has 1 aromatic rings. The van der Waals surface area contributed by atoms with Gasteiger partial charge in [0.15, 0.2) is 0 Å². The summed E-state index contributed by atoms with van der Waals surface area (Å²) in [6, 6.07) is 4.54. The van der Waals surface area contributed by atoms with Crippen molar-refractivity contribution in [2.45, 2.75) is 45.3 Å². The molecule has 1 atom stereocenters. The molecular formula is C20H29FN4O3. The predicted molar refractivity (Wildman–Crippen MR) is 106 cm³/mol. The van der Waals surface area contributed by atoms with Gasteiger partial charge in [0, 0.05) is 31.9 Å². The van der Waals surface area contributed by atoms with E-state index in [0.29, 0.717) is 37.6 Å². The number of nitrogens with one attached hydrogen (secondary N) is 2. The van der Waals surface area contributed by atoms with Crippen LogP contribution in [0.5, 0.6) is 0 Å². The van der Waals surface area contributed by atoms with E-state index in [-0.39, 0.29) is 23.9 Å². The molecule has 28 heavy (non-hydrogen) atoms. The Balaban J connectivity index is 1.56. The molecule has 2 heterocycles. The lowest BCUT2D eigenvalue weighted by molar-refractivity contribution is -0.117. The van der Waals surface area contributed by atoms with Gasteiger partial charge in [-0.15, -0.1) is 0 Å². The van der Waals surface area contributed by atoms with E-state index in [2.05, 4.69) is 10.6 Å². The minimum absolute atomic E-state index is 0.129. The van der Waals surface area contributed by atoms with E-state index < -0.39 is 5.60 Å². The van der Waals surface area contributed by atoms with E-state index >= 15 is 0 Å². The summed E-state index contributed by atoms with van der Waals surface area (Å²) in [4.78, 5) is 27.8. The van der Waals surface area contributed by atoms with E-state index in [4.69, 9.17) is 4.74 Å². The van der Waals surface area contributed by atoms with Crippen LogP contribution in [0.1, 0.15) is 33.6 Å². The van der Waals surface area contributed by atoms with Crippen LogP contribution in [0.4, 0.5) is 20.6 Å². The molecule has 0 aromatic heterocycles. The number of amides is 2. The lowest BCUT2D eigenvalue weighted by atomic mass is 10.2. The van der Waals surface area contributed by atoms with E-state index in [1.54, 1.807) is 17.0 Å². The fourth-order valence-corrected chi connectivity index (χ4v) is 3.44. The Hall–Kier alpha value is -2.35. The van der Waals surface area contributed by atoms with E-state index in [9.17, 15) is 14.0 Å². The first-order valence-corrected chi connectivity index (χ1v) is 9.79. The number of anilines is 2. The minimum Gasteiger partial charge on any atom is -0.444 e. The van der Waals surface area contributed by atoms with Crippen LogP contribution in [-0.4, -0.2) is 61.3 Å². The number of hydrogen-bond acceptors (Lipinski definition) is 5. The van der Waals surface area contributed by atoms with Crippen LogP contribution >= 0.6 is 0 Å². The summed E-state index contributed by atoms with van der Waals surface area (Å²) in [7, 11) is 0. The molecule has 2 fully saturated rings. The number of carbonyl (C=O) groups is 2. The molecule has 2 N–H and O–H groups in total. The van der Waals surface area contributed by atoms with Crippen molar-refractivity contribution in [1.29, 1.82) is 0 Å². The predicted octanol–water partition coefficient (Wildman–Crippen LogP) is 2.57. The van der Waals surface area contributed by atoms with Crippen LogP contribution in [0, 0.1) is 5.82 Å². The molecule has 0 aliphatic carbocycles. The molecule has 1 unspecified atom stereocenters. The van der Waals surface area contributed by atoms with Gasteiger partial charge in [0.05, 0.1) is 11.7 Å². The van der Waals surface area contributed by atoms with Gasteiger partial charge in [-0.25, -0.2) is 9.18 Å². The second-order valence-electron chi connectivity index (χ2n) is 8.26. The number of nitrogens with zero attached hydrogens (tertiary/aromatic N) is 2. The highest BCUT2D eigenvalue weighted by molar-refractivity contribution is 5.95. The maximum Gasteiger partial charge on any atom is 0.410 e. The van der Waals surface area contributed by atoms with Crippen molar-refractivity contribution in [2.24, 2.45) is 0 Å². The number of benzene rings is 1. The SMILES string of the molecule is CC(C)(C)OC(=O)N1CCN(c2ccc(NC(=O)C3CCCN3)cc2F)CC1. The highest BCUT2D eigenvalue weighted by atomic mass is 19.1. The molecule has 7 nitrogen and oxygen atoms in total. The highest BCUT2D eigenvalue weighted by Gasteiger charge is 2.27. The molecule has 0 spiro atoms. The fourth-order valence-electron chi connectivity index (χ4n) is 3.44. The Labute approximate surface area is 165 Å². The van der Waals surface area contributed by atoms with Crippen molar-refractivity contribution >= 4 is 23.4 Å². The van der Waals surface area contributed by atoms with Crippen molar-refractivity contribution in [1.82, 2.24) is 10.2 Å². The van der Waals surface area contributed by atoms with Crippen LogP contribution in [0.2, 0.25) is 0 Å². The number of piperazine rings is 1. The topological polar surface area (TPSA) is 73.9 Å². The van der Waals surface area contributed by atoms with Crippen LogP contribution in [-0.2, 0) is 9.53 Å². The largest absolute Gasteiger partial charge is 0.444 e. The van der Waals surface area contributed by atoms with Gasteiger partial charge in [-0.3, -0.25) is 4.79 Å². The molecule has 1 aromatic carbocycles. The molecule has 0 saturated carbocycles. The summed E-state index contributed by atoms with van der Waals surface area (Å²) in [6.07, 6.45) is 1.43. The van der Waals surface area contributed by atoms with Gasteiger partial charge >= 0.3 is 6.09 Å². The molecule has 154 valence electrons. The summed E-state index contributed by atoms with van der Waals surface area (Å²) in [6.45, 7) is 8.32. The van der Waals surface area contributed by atoms with Crippen molar-refractivity contribution in [3.05, 3.63) is 24.0 Å². The monoisotopic (exact) mass is 392 g/mol. The lowest BCUT2D eigenvalue weighted by Crippen LogP contribution is -2.50. The van der Waals surface area contributed by atoms with Crippen LogP contribution < -0.4 is 15.5 Å². The van der Waals surface area contributed by atoms with Gasteiger partial charge in [-0.2, -0.15) is 0 Å². The third kappa shape index (κ3) is 5.13. The number of hydrogen-bond donors (Lipinski definition) is 2. The van der Waals surface area contributed by atoms with Gasteiger partial charge in [0.2, 0.25) is 5.91 Å². The summed E-state index contributed by atoms with van der Waals surface area (Å²) in [5.41, 5.74) is 0.391. The zero-order chi connectivity index (χ0) is 20.3. The molecule has 0 radical (unpaired) electrons. The average Bonchev–Trinajstić information content (AvgIpc) is 3.15. The van der Waals surface area contributed by atoms with Crippen LogP contribution in [0.15, 0.2) is 18.2 Å². The highest BCUT2D eigenvalue weighted by Crippen LogP contribution is 2.25. The van der Waals surface area contributed by atoms with Gasteiger partial charge in [0.1, 0.15) is 11.4 Å². The quantitative estimate of drug-likeness (QED) is 0.827. The van der Waals surface area contributed by atoms with Crippen molar-refractivity contribution in [2.75, 3.05) is 42.9 Å². The van der Waals surface area contributed by atoms with Crippen LogP contribution in [0.25, 0.3) is 0 Å². The number of carbonyl (C=O) groups excluding carboxylic acids is 2. The second kappa shape index (κ2) is 8.34. The van der Waals surface area contributed by atoms with Crippen molar-refractivity contribution in [3.63, 3.8) is 0 Å². The van der Waals surface area contributed by atoms with E-state index in [1.165, 1.54) is 6.07 Å². The number of halogens is 1. The third-order valence-corrected chi connectivity index (χ3v) is 4.86. The Morgan fingerprint density at radius 2 is 1.93 bits per heavy atom. The molecule has 8 heteroatoms. The van der Waals surface area contributed by atoms with Gasteiger partial charge in [0.25, 0.3) is 0 Å². The zero-order valence-corrected chi connectivity index (χ0v) is 16.8. The third-order valence-electron chi connectivity index (χ3n) is 4.86. The van der Waals surface area contributed by atoms with E-state index in [1.807, 2.05) is 25.7 Å². The van der Waals surface area contributed by atoms with Crippen molar-refractivity contribution < 1.29 is 18.7 Å². The lowest BCUT2D eigenvalue weighted by Gasteiger charge is -2.36. The van der Waals surface area contributed by atoms with Gasteiger partial charge in [-0.05, 0) is 58.4 Å². The smallest absolute Gasteiger partial charge is 0.410 e. The first-order chi connectivity index (χ1) is 13.2. The molecule has 3 rings (SSSR count). The fraction of sp³-hybridized carbons (Fsp3) is 0.600. The first-order valence-electron chi connectivity index (χ1n) is 9.79. The second-order valence-corrected chi connectivity index (χ2v) is 8.26. The normalized spacial score (nSPS) is 20.2. The Morgan fingerprint density at radius 3 is 2.50 bits per heavy atom. The molecule has 2 aliphatic rings. The molecule has 2 amide bonds. The van der Waals surface area contributed by atoms with E-state index in [0.717, 1.165) is 19.4 Å². The maximum atomic E-state index is 14.6. The molecule has 2 aliphatic heterocycles. The molecule has 0 bridgehead atoms. The standard InChI is InChI=1S/C20H29FN4O3/c1-20(2,3)28-19(27)25-11-9-24(10-12-25)17-7-6-14(13-15(17)21)23-18(26)16-5-4-8-22-16/h6-7,13,16,22H,4-5,8-12H2,1-3H3,(H,23,26). The molecular weight excluding hydrogens is 363 g/mol. The zero-order valence-electron chi connectivity index (χ0n) is 16.8. The minimum atomic E-state index is -0.533. The van der Waals surface area contributed by atoms with Crippen molar-refractivity contribution in [3.8, 4) is 0 Å². The number of ether oxygens (including phenoxy) is 1.